The lowest BCUT2D eigenvalue weighted by atomic mass is 9.61. The topological polar surface area (TPSA) is 112 Å². The smallest absolute Gasteiger partial charge is 0.253 e. The van der Waals surface area contributed by atoms with Gasteiger partial charge in [-0.05, 0) is 36.5 Å². The van der Waals surface area contributed by atoms with Crippen LogP contribution in [0.25, 0.3) is 0 Å². The average Bonchev–Trinajstić information content (AvgIpc) is 3.52. The maximum absolute atomic E-state index is 11.5. The van der Waals surface area contributed by atoms with Gasteiger partial charge in [0.15, 0.2) is 0 Å². The lowest BCUT2D eigenvalue weighted by Gasteiger charge is -2.47. The van der Waals surface area contributed by atoms with Gasteiger partial charge in [-0.2, -0.15) is 0 Å². The molecule has 3 aliphatic carbocycles. The van der Waals surface area contributed by atoms with Gasteiger partial charge in [-0.1, -0.05) is 0 Å². The van der Waals surface area contributed by atoms with E-state index in [1.54, 1.807) is 0 Å². The number of ether oxygens (including phenoxy) is 4. The number of rotatable bonds is 16. The summed E-state index contributed by atoms with van der Waals surface area (Å²) >= 11 is 0. The molecular formula is C24H32N2O8. The Hall–Kier alpha value is -2.40. The van der Waals surface area contributed by atoms with Crippen LogP contribution in [0.4, 0.5) is 0 Å². The Kier molecular flexibility index (Phi) is 7.92. The average molecular weight is 477 g/mol. The van der Waals surface area contributed by atoms with Crippen LogP contribution >= 0.6 is 0 Å². The van der Waals surface area contributed by atoms with Gasteiger partial charge in [-0.3, -0.25) is 29.0 Å². The van der Waals surface area contributed by atoms with Crippen molar-refractivity contribution in [1.82, 2.24) is 9.80 Å². The van der Waals surface area contributed by atoms with Crippen LogP contribution in [-0.4, -0.2) is 99.4 Å². The van der Waals surface area contributed by atoms with Crippen LogP contribution in [0.15, 0.2) is 24.3 Å². The highest BCUT2D eigenvalue weighted by Gasteiger charge is 2.60. The van der Waals surface area contributed by atoms with Crippen molar-refractivity contribution in [3.63, 3.8) is 0 Å². The quantitative estimate of drug-likeness (QED) is 0.233. The molecule has 0 atom stereocenters. The molecule has 186 valence electrons. The van der Waals surface area contributed by atoms with Crippen molar-refractivity contribution in [2.24, 2.45) is 10.8 Å². The Labute approximate surface area is 198 Å². The molecule has 34 heavy (non-hydrogen) atoms. The molecule has 2 heterocycles. The highest BCUT2D eigenvalue weighted by Crippen LogP contribution is 2.67. The summed E-state index contributed by atoms with van der Waals surface area (Å²) in [6.07, 6.45) is 9.59. The Morgan fingerprint density at radius 2 is 0.912 bits per heavy atom. The number of nitrogens with zero attached hydrogens (tertiary/aromatic N) is 2. The minimum atomic E-state index is -0.291. The third-order valence-corrected chi connectivity index (χ3v) is 6.97. The molecule has 3 saturated carbocycles. The summed E-state index contributed by atoms with van der Waals surface area (Å²) in [6.45, 7) is 4.44. The first-order valence-corrected chi connectivity index (χ1v) is 11.8. The fourth-order valence-electron chi connectivity index (χ4n) is 5.40. The van der Waals surface area contributed by atoms with Crippen LogP contribution < -0.4 is 0 Å². The van der Waals surface area contributed by atoms with Gasteiger partial charge < -0.3 is 18.9 Å². The lowest BCUT2D eigenvalue weighted by Crippen LogP contribution is -2.43. The molecule has 0 aromatic rings. The Morgan fingerprint density at radius 3 is 1.29 bits per heavy atom. The minimum Gasteiger partial charge on any atom is -0.378 e. The molecule has 0 N–H and O–H groups in total. The molecule has 5 rings (SSSR count). The molecule has 0 aromatic carbocycles. The van der Waals surface area contributed by atoms with Gasteiger partial charge in [-0.25, -0.2) is 0 Å². The van der Waals surface area contributed by atoms with Gasteiger partial charge >= 0.3 is 0 Å². The highest BCUT2D eigenvalue weighted by molar-refractivity contribution is 6.13. The van der Waals surface area contributed by atoms with E-state index in [2.05, 4.69) is 0 Å². The molecule has 0 aromatic heterocycles. The summed E-state index contributed by atoms with van der Waals surface area (Å²) < 4.78 is 22.7. The number of imide groups is 2. The Bertz CT molecular complexity index is 757. The van der Waals surface area contributed by atoms with E-state index in [-0.39, 0.29) is 47.5 Å². The van der Waals surface area contributed by atoms with Crippen molar-refractivity contribution in [1.29, 1.82) is 0 Å². The van der Waals surface area contributed by atoms with E-state index in [9.17, 15) is 19.2 Å². The normalized spacial score (nSPS) is 27.5. The molecule has 10 heteroatoms. The van der Waals surface area contributed by atoms with Gasteiger partial charge in [0, 0.05) is 24.3 Å². The van der Waals surface area contributed by atoms with Crippen LogP contribution in [0.3, 0.4) is 0 Å². The molecule has 0 radical (unpaired) electrons. The summed E-state index contributed by atoms with van der Waals surface area (Å²) in [4.78, 5) is 48.1. The largest absolute Gasteiger partial charge is 0.378 e. The number of hydrogen-bond acceptors (Lipinski definition) is 8. The van der Waals surface area contributed by atoms with E-state index < -0.39 is 0 Å². The fraction of sp³-hybridized carbons (Fsp3) is 0.667. The predicted molar refractivity (Wildman–Crippen MR) is 118 cm³/mol. The number of hydrogen-bond donors (Lipinski definition) is 0. The first-order chi connectivity index (χ1) is 16.4. The van der Waals surface area contributed by atoms with Crippen molar-refractivity contribution in [3.05, 3.63) is 24.3 Å². The summed E-state index contributed by atoms with van der Waals surface area (Å²) in [5.41, 5.74) is 0.505. The lowest BCUT2D eigenvalue weighted by molar-refractivity contribution is -0.139. The summed E-state index contributed by atoms with van der Waals surface area (Å²) in [6, 6.07) is 0. The van der Waals surface area contributed by atoms with Gasteiger partial charge in [0.1, 0.15) is 0 Å². The number of carbonyl (C=O) groups is 4. The van der Waals surface area contributed by atoms with Crippen LogP contribution in [0.1, 0.15) is 25.7 Å². The summed E-state index contributed by atoms with van der Waals surface area (Å²) in [7, 11) is 0. The first-order valence-electron chi connectivity index (χ1n) is 11.8. The van der Waals surface area contributed by atoms with E-state index >= 15 is 0 Å². The Balaban J connectivity index is 0.977. The second-order valence-corrected chi connectivity index (χ2v) is 9.51. The van der Waals surface area contributed by atoms with E-state index in [0.29, 0.717) is 39.6 Å². The molecule has 10 nitrogen and oxygen atoms in total. The SMILES string of the molecule is O=C1C=CC(=O)N1CCOCCOCC12CCC(COCCOCCN3C(=O)C=CC3=O)(C1)C2. The highest BCUT2D eigenvalue weighted by atomic mass is 16.5. The monoisotopic (exact) mass is 476 g/mol. The van der Waals surface area contributed by atoms with Crippen molar-refractivity contribution in [2.75, 3.05) is 65.9 Å². The van der Waals surface area contributed by atoms with Gasteiger partial charge in [0.05, 0.1) is 65.9 Å². The zero-order valence-electron chi connectivity index (χ0n) is 19.4. The molecule has 0 saturated heterocycles. The second-order valence-electron chi connectivity index (χ2n) is 9.51. The molecule has 0 unspecified atom stereocenters. The van der Waals surface area contributed by atoms with Crippen molar-refractivity contribution in [3.8, 4) is 0 Å². The maximum atomic E-state index is 11.5. The molecule has 0 spiro atoms. The van der Waals surface area contributed by atoms with Crippen LogP contribution in [0, 0.1) is 10.8 Å². The summed E-state index contributed by atoms with van der Waals surface area (Å²) in [5, 5.41) is 0. The maximum Gasteiger partial charge on any atom is 0.253 e. The molecule has 4 amide bonds. The Morgan fingerprint density at radius 1 is 0.559 bits per heavy atom. The van der Waals surface area contributed by atoms with Crippen LogP contribution in [-0.2, 0) is 38.1 Å². The van der Waals surface area contributed by atoms with Crippen molar-refractivity contribution >= 4 is 23.6 Å². The fourth-order valence-corrected chi connectivity index (χ4v) is 5.40. The molecule has 2 aliphatic heterocycles. The van der Waals surface area contributed by atoms with E-state index in [0.717, 1.165) is 48.7 Å². The van der Waals surface area contributed by atoms with E-state index in [1.807, 2.05) is 0 Å². The minimum absolute atomic E-state index is 0.253. The van der Waals surface area contributed by atoms with Crippen LogP contribution in [0.5, 0.6) is 0 Å². The number of fused-ring (bicyclic) bond motifs is 1. The molecule has 3 fully saturated rings. The third kappa shape index (κ3) is 5.80. The summed E-state index contributed by atoms with van der Waals surface area (Å²) in [5.74, 6) is -1.16. The van der Waals surface area contributed by atoms with Gasteiger partial charge in [-0.15, -0.1) is 0 Å². The second kappa shape index (κ2) is 10.9. The predicted octanol–water partition coefficient (Wildman–Crippen LogP) is 0.463. The zero-order chi connectivity index (χ0) is 24.0. The third-order valence-electron chi connectivity index (χ3n) is 6.97. The van der Waals surface area contributed by atoms with E-state index in [4.69, 9.17) is 18.9 Å². The van der Waals surface area contributed by atoms with Crippen LogP contribution in [0.2, 0.25) is 0 Å². The van der Waals surface area contributed by atoms with Gasteiger partial charge in [0.2, 0.25) is 0 Å². The van der Waals surface area contributed by atoms with Crippen molar-refractivity contribution < 1.29 is 38.1 Å². The zero-order valence-corrected chi connectivity index (χ0v) is 19.4. The molecule has 2 bridgehead atoms. The van der Waals surface area contributed by atoms with Gasteiger partial charge in [0.25, 0.3) is 23.6 Å². The van der Waals surface area contributed by atoms with Crippen molar-refractivity contribution in [2.45, 2.75) is 25.7 Å². The standard InChI is InChI=1S/C24H32N2O8/c27-19-1-2-20(28)25(19)7-9-31-11-13-33-17-23-5-6-24(15-23,16-23)18-34-14-12-32-10-8-26-21(29)3-4-22(26)30/h1-4H,5-18H2. The number of amides is 4. The molecule has 5 aliphatic rings. The molecular weight excluding hydrogens is 444 g/mol. The first kappa shape index (κ1) is 24.7. The van der Waals surface area contributed by atoms with E-state index in [1.165, 1.54) is 24.3 Å². The number of carbonyl (C=O) groups excluding carboxylic acids is 4.